The number of nitrogens with zero attached hydrogens (tertiary/aromatic N) is 1. The van der Waals surface area contributed by atoms with E-state index in [1.54, 1.807) is 7.11 Å². The van der Waals surface area contributed by atoms with Gasteiger partial charge in [0.05, 0.1) is 17.8 Å². The molecule has 0 radical (unpaired) electrons. The van der Waals surface area contributed by atoms with Crippen molar-refractivity contribution in [1.29, 1.82) is 0 Å². The summed E-state index contributed by atoms with van der Waals surface area (Å²) < 4.78 is 12.5. The Morgan fingerprint density at radius 1 is 1.28 bits per heavy atom. The summed E-state index contributed by atoms with van der Waals surface area (Å²) in [5.74, 6) is 0.981. The standard InChI is InChI=1S/C18H18Br2N2O3/c1-11-5-4-6-16(12(11)2)25-10-17(23)22-21-9-13-7-14(19)8-15(20)18(13)24-3/h4-9H,10H2,1-3H3,(H,22,23). The molecule has 0 spiro atoms. The molecule has 2 aromatic carbocycles. The molecule has 0 aliphatic rings. The third-order valence-electron chi connectivity index (χ3n) is 3.55. The molecule has 0 aliphatic carbocycles. The van der Waals surface area contributed by atoms with Crippen LogP contribution in [0.25, 0.3) is 0 Å². The third-order valence-corrected chi connectivity index (χ3v) is 4.59. The molecule has 0 saturated heterocycles. The second-order valence-corrected chi connectivity index (χ2v) is 7.06. The maximum absolute atomic E-state index is 11.9. The Labute approximate surface area is 163 Å². The minimum atomic E-state index is -0.342. The smallest absolute Gasteiger partial charge is 0.277 e. The van der Waals surface area contributed by atoms with Gasteiger partial charge in [-0.25, -0.2) is 5.43 Å². The van der Waals surface area contributed by atoms with Crippen LogP contribution in [0.4, 0.5) is 0 Å². The number of ether oxygens (including phenoxy) is 2. The Balaban J connectivity index is 1.96. The summed E-state index contributed by atoms with van der Waals surface area (Å²) in [6.07, 6.45) is 1.52. The van der Waals surface area contributed by atoms with Crippen molar-refractivity contribution >= 4 is 44.0 Å². The number of hydrogen-bond acceptors (Lipinski definition) is 4. The first kappa shape index (κ1) is 19.5. The highest BCUT2D eigenvalue weighted by Crippen LogP contribution is 2.31. The minimum Gasteiger partial charge on any atom is -0.495 e. The average molecular weight is 470 g/mol. The number of hydrogen-bond donors (Lipinski definition) is 1. The topological polar surface area (TPSA) is 59.9 Å². The summed E-state index contributed by atoms with van der Waals surface area (Å²) >= 11 is 6.82. The van der Waals surface area contributed by atoms with Crippen molar-refractivity contribution in [3.63, 3.8) is 0 Å². The SMILES string of the molecule is COc1c(Br)cc(Br)cc1C=NNC(=O)COc1cccc(C)c1C. The van der Waals surface area contributed by atoms with E-state index in [0.717, 1.165) is 25.6 Å². The zero-order valence-electron chi connectivity index (χ0n) is 14.1. The molecular formula is C18H18Br2N2O3. The lowest BCUT2D eigenvalue weighted by Gasteiger charge is -2.10. The first-order valence-corrected chi connectivity index (χ1v) is 9.05. The molecule has 132 valence electrons. The minimum absolute atomic E-state index is 0.110. The molecule has 2 aromatic rings. The van der Waals surface area contributed by atoms with Crippen molar-refractivity contribution in [3.8, 4) is 11.5 Å². The van der Waals surface area contributed by atoms with Gasteiger partial charge in [-0.1, -0.05) is 28.1 Å². The second kappa shape index (κ2) is 9.01. The van der Waals surface area contributed by atoms with Gasteiger partial charge < -0.3 is 9.47 Å². The van der Waals surface area contributed by atoms with Gasteiger partial charge >= 0.3 is 0 Å². The molecule has 0 atom stereocenters. The molecule has 1 amide bonds. The van der Waals surface area contributed by atoms with E-state index in [9.17, 15) is 4.79 Å². The van der Waals surface area contributed by atoms with E-state index in [1.807, 2.05) is 44.2 Å². The molecule has 25 heavy (non-hydrogen) atoms. The molecule has 0 bridgehead atoms. The normalized spacial score (nSPS) is 10.8. The molecular weight excluding hydrogens is 452 g/mol. The molecule has 2 rings (SSSR count). The molecule has 5 nitrogen and oxygen atoms in total. The van der Waals surface area contributed by atoms with Gasteiger partial charge in [0.1, 0.15) is 11.5 Å². The summed E-state index contributed by atoms with van der Waals surface area (Å²) in [7, 11) is 1.57. The van der Waals surface area contributed by atoms with E-state index < -0.39 is 0 Å². The molecule has 0 heterocycles. The van der Waals surface area contributed by atoms with E-state index >= 15 is 0 Å². The fourth-order valence-corrected chi connectivity index (χ4v) is 3.54. The lowest BCUT2D eigenvalue weighted by molar-refractivity contribution is -0.123. The van der Waals surface area contributed by atoms with E-state index in [-0.39, 0.29) is 12.5 Å². The van der Waals surface area contributed by atoms with Crippen LogP contribution in [0.1, 0.15) is 16.7 Å². The quantitative estimate of drug-likeness (QED) is 0.504. The molecule has 0 aromatic heterocycles. The van der Waals surface area contributed by atoms with Crippen LogP contribution in [-0.2, 0) is 4.79 Å². The van der Waals surface area contributed by atoms with Gasteiger partial charge in [0.2, 0.25) is 0 Å². The van der Waals surface area contributed by atoms with Crippen LogP contribution in [0.3, 0.4) is 0 Å². The van der Waals surface area contributed by atoms with Crippen molar-refractivity contribution in [3.05, 3.63) is 56.0 Å². The lowest BCUT2D eigenvalue weighted by Crippen LogP contribution is -2.24. The van der Waals surface area contributed by atoms with E-state index in [0.29, 0.717) is 11.5 Å². The number of methoxy groups -OCH3 is 1. The summed E-state index contributed by atoms with van der Waals surface area (Å²) in [6, 6.07) is 9.43. The Hall–Kier alpha value is -1.86. The van der Waals surface area contributed by atoms with Crippen LogP contribution in [0, 0.1) is 13.8 Å². The van der Waals surface area contributed by atoms with Crippen molar-refractivity contribution in [2.45, 2.75) is 13.8 Å². The van der Waals surface area contributed by atoms with Crippen LogP contribution in [0.5, 0.6) is 11.5 Å². The van der Waals surface area contributed by atoms with Crippen molar-refractivity contribution in [1.82, 2.24) is 5.43 Å². The fraction of sp³-hybridized carbons (Fsp3) is 0.222. The molecule has 1 N–H and O–H groups in total. The van der Waals surface area contributed by atoms with Gasteiger partial charge in [0.25, 0.3) is 5.91 Å². The molecule has 0 fully saturated rings. The summed E-state index contributed by atoms with van der Waals surface area (Å²) in [5.41, 5.74) is 5.30. The summed E-state index contributed by atoms with van der Waals surface area (Å²) in [5, 5.41) is 3.96. The van der Waals surface area contributed by atoms with Gasteiger partial charge in [-0.2, -0.15) is 5.10 Å². The molecule has 0 unspecified atom stereocenters. The highest BCUT2D eigenvalue weighted by Gasteiger charge is 2.08. The maximum Gasteiger partial charge on any atom is 0.277 e. The van der Waals surface area contributed by atoms with Gasteiger partial charge in [0.15, 0.2) is 6.61 Å². The van der Waals surface area contributed by atoms with E-state index in [2.05, 4.69) is 42.4 Å². The van der Waals surface area contributed by atoms with Gasteiger partial charge in [-0.3, -0.25) is 4.79 Å². The lowest BCUT2D eigenvalue weighted by atomic mass is 10.1. The van der Waals surface area contributed by atoms with E-state index in [1.165, 1.54) is 6.21 Å². The van der Waals surface area contributed by atoms with Crippen LogP contribution in [0.2, 0.25) is 0 Å². The summed E-state index contributed by atoms with van der Waals surface area (Å²) in [6.45, 7) is 3.84. The van der Waals surface area contributed by atoms with Crippen LogP contribution in [0.15, 0.2) is 44.4 Å². The number of rotatable bonds is 6. The Morgan fingerprint density at radius 2 is 2.04 bits per heavy atom. The zero-order valence-corrected chi connectivity index (χ0v) is 17.3. The van der Waals surface area contributed by atoms with Crippen LogP contribution in [-0.4, -0.2) is 25.8 Å². The van der Waals surface area contributed by atoms with E-state index in [4.69, 9.17) is 9.47 Å². The second-order valence-electron chi connectivity index (χ2n) is 5.29. The average Bonchev–Trinajstić information content (AvgIpc) is 2.56. The monoisotopic (exact) mass is 468 g/mol. The molecule has 0 saturated carbocycles. The first-order chi connectivity index (χ1) is 11.9. The van der Waals surface area contributed by atoms with Gasteiger partial charge in [-0.15, -0.1) is 0 Å². The summed E-state index contributed by atoms with van der Waals surface area (Å²) in [4.78, 5) is 11.9. The Morgan fingerprint density at radius 3 is 2.76 bits per heavy atom. The van der Waals surface area contributed by atoms with Crippen molar-refractivity contribution in [2.75, 3.05) is 13.7 Å². The Bertz CT molecular complexity index is 807. The number of aryl methyl sites for hydroxylation is 1. The Kier molecular flexibility index (Phi) is 7.01. The first-order valence-electron chi connectivity index (χ1n) is 7.46. The highest BCUT2D eigenvalue weighted by atomic mass is 79.9. The number of hydrazone groups is 1. The largest absolute Gasteiger partial charge is 0.495 e. The number of carbonyl (C=O) groups excluding carboxylic acids is 1. The van der Waals surface area contributed by atoms with Crippen LogP contribution < -0.4 is 14.9 Å². The number of halogens is 2. The number of amides is 1. The number of carbonyl (C=O) groups is 1. The van der Waals surface area contributed by atoms with Crippen molar-refractivity contribution in [2.24, 2.45) is 5.10 Å². The molecule has 0 aliphatic heterocycles. The fourth-order valence-electron chi connectivity index (χ4n) is 2.12. The third kappa shape index (κ3) is 5.31. The van der Waals surface area contributed by atoms with Gasteiger partial charge in [0, 0.05) is 10.0 Å². The van der Waals surface area contributed by atoms with Crippen LogP contribution >= 0.6 is 31.9 Å². The molecule has 7 heteroatoms. The predicted octanol–water partition coefficient (Wildman–Crippen LogP) is 4.37. The number of benzene rings is 2. The van der Waals surface area contributed by atoms with Gasteiger partial charge in [-0.05, 0) is 59.1 Å². The zero-order chi connectivity index (χ0) is 18.4. The van der Waals surface area contributed by atoms with Crippen molar-refractivity contribution < 1.29 is 14.3 Å². The predicted molar refractivity (Wildman–Crippen MR) is 106 cm³/mol. The highest BCUT2D eigenvalue weighted by molar-refractivity contribution is 9.11. The number of nitrogens with one attached hydrogen (secondary N) is 1. The maximum atomic E-state index is 11.9.